The Bertz CT molecular complexity index is 141. The van der Waals surface area contributed by atoms with E-state index < -0.39 is 0 Å². The minimum Gasteiger partial charge on any atom is -0.334 e. The quantitative estimate of drug-likeness (QED) is 0.519. The summed E-state index contributed by atoms with van der Waals surface area (Å²) in [5.74, 6) is 0. The fourth-order valence-corrected chi connectivity index (χ4v) is 0.693. The van der Waals surface area contributed by atoms with Crippen LogP contribution in [0.5, 0.6) is 0 Å². The monoisotopic (exact) mass is 149 g/mol. The molecule has 1 aliphatic rings. The summed E-state index contributed by atoms with van der Waals surface area (Å²) in [6, 6.07) is 0. The first-order chi connectivity index (χ1) is 3.79. The molecule has 0 atom stereocenters. The molecule has 4 heteroatoms. The van der Waals surface area contributed by atoms with E-state index >= 15 is 0 Å². The molecule has 0 saturated carbocycles. The first-order valence-electron chi connectivity index (χ1n) is 1.98. The van der Waals surface area contributed by atoms with Crippen LogP contribution in [0, 0.1) is 5.62 Å². The predicted molar refractivity (Wildman–Crippen MR) is 34.7 cm³/mol. The van der Waals surface area contributed by atoms with Gasteiger partial charge in [0.1, 0.15) is 5.16 Å². The molecule has 0 aliphatic carbocycles. The van der Waals surface area contributed by atoms with Crippen molar-refractivity contribution in [1.29, 1.82) is 0 Å². The molecule has 1 N–H and O–H groups in total. The third kappa shape index (κ3) is 1.39. The highest BCUT2D eigenvalue weighted by atomic mass is 35.5. The van der Waals surface area contributed by atoms with Gasteiger partial charge >= 0.3 is 0 Å². The molecule has 0 amide bonds. The van der Waals surface area contributed by atoms with Crippen molar-refractivity contribution in [3.63, 3.8) is 0 Å². The number of halogens is 2. The van der Waals surface area contributed by atoms with E-state index in [-0.39, 0.29) is 0 Å². The van der Waals surface area contributed by atoms with Crippen LogP contribution in [0.15, 0.2) is 16.2 Å². The summed E-state index contributed by atoms with van der Waals surface area (Å²) in [5.41, 5.74) is 0.303. The number of nitrogens with zero attached hydrogens (tertiary/aromatic N) is 1. The van der Waals surface area contributed by atoms with Gasteiger partial charge in [0.25, 0.3) is 5.62 Å². The van der Waals surface area contributed by atoms with Gasteiger partial charge in [0.2, 0.25) is 0 Å². The molecule has 0 fully saturated rings. The van der Waals surface area contributed by atoms with E-state index in [0.29, 0.717) is 10.8 Å². The molecule has 0 aromatic rings. The van der Waals surface area contributed by atoms with E-state index in [1.807, 2.05) is 0 Å². The molecular formula is C4H3Cl2N2. The number of allylic oxidation sites excluding steroid dienone is 1. The SMILES string of the molecule is Cl[C]1N=CC=C(Cl)N1. The number of nitrogens with one attached hydrogen (secondary N) is 1. The van der Waals surface area contributed by atoms with Gasteiger partial charge in [-0.05, 0) is 6.08 Å². The largest absolute Gasteiger partial charge is 0.334 e. The van der Waals surface area contributed by atoms with E-state index in [1.165, 1.54) is 6.21 Å². The topological polar surface area (TPSA) is 24.4 Å². The van der Waals surface area contributed by atoms with Gasteiger partial charge in [0.05, 0.1) is 0 Å². The molecule has 1 radical (unpaired) electrons. The summed E-state index contributed by atoms with van der Waals surface area (Å²) in [6.07, 6.45) is 3.15. The molecule has 1 rings (SSSR count). The second-order valence-electron chi connectivity index (χ2n) is 1.21. The summed E-state index contributed by atoms with van der Waals surface area (Å²) >= 11 is 10.9. The van der Waals surface area contributed by atoms with E-state index in [9.17, 15) is 0 Å². The average molecular weight is 150 g/mol. The lowest BCUT2D eigenvalue weighted by molar-refractivity contribution is 0.944. The lowest BCUT2D eigenvalue weighted by Crippen LogP contribution is -2.13. The Morgan fingerprint density at radius 2 is 2.25 bits per heavy atom. The summed E-state index contributed by atoms with van der Waals surface area (Å²) in [4.78, 5) is 3.67. The third-order valence-electron chi connectivity index (χ3n) is 0.631. The van der Waals surface area contributed by atoms with Crippen molar-refractivity contribution in [3.8, 4) is 0 Å². The zero-order chi connectivity index (χ0) is 5.98. The van der Waals surface area contributed by atoms with Gasteiger partial charge in [-0.15, -0.1) is 0 Å². The number of rotatable bonds is 0. The Labute approximate surface area is 57.2 Å². The molecule has 2 nitrogen and oxygen atoms in total. The molecule has 8 heavy (non-hydrogen) atoms. The normalized spacial score (nSPS) is 20.0. The Morgan fingerprint density at radius 3 is 2.62 bits per heavy atom. The summed E-state index contributed by atoms with van der Waals surface area (Å²) in [7, 11) is 0. The number of aliphatic imine (C=N–C) groups is 1. The second-order valence-corrected chi connectivity index (χ2v) is 1.97. The van der Waals surface area contributed by atoms with Crippen LogP contribution in [0.4, 0.5) is 0 Å². The predicted octanol–water partition coefficient (Wildman–Crippen LogP) is 1.43. The van der Waals surface area contributed by atoms with Crippen LogP contribution in [0.1, 0.15) is 0 Å². The van der Waals surface area contributed by atoms with Crippen molar-refractivity contribution in [3.05, 3.63) is 16.9 Å². The van der Waals surface area contributed by atoms with Crippen LogP contribution in [0.3, 0.4) is 0 Å². The van der Waals surface area contributed by atoms with E-state index in [0.717, 1.165) is 0 Å². The Hall–Kier alpha value is -0.210. The van der Waals surface area contributed by atoms with Gasteiger partial charge in [0, 0.05) is 6.21 Å². The highest BCUT2D eigenvalue weighted by Gasteiger charge is 2.04. The molecule has 0 saturated heterocycles. The third-order valence-corrected chi connectivity index (χ3v) is 1.04. The second kappa shape index (κ2) is 2.37. The van der Waals surface area contributed by atoms with Gasteiger partial charge in [-0.1, -0.05) is 23.2 Å². The van der Waals surface area contributed by atoms with Gasteiger partial charge in [-0.2, -0.15) is 0 Å². The van der Waals surface area contributed by atoms with E-state index in [1.54, 1.807) is 6.08 Å². The standard InChI is InChI=1S/C4H3Cl2N2/c5-3-1-2-7-4(6)8-3/h1-2,8H. The van der Waals surface area contributed by atoms with Crippen molar-refractivity contribution in [2.24, 2.45) is 4.99 Å². The molecule has 0 aromatic carbocycles. The molecule has 1 heterocycles. The molecule has 0 bridgehead atoms. The highest BCUT2D eigenvalue weighted by Crippen LogP contribution is 2.11. The van der Waals surface area contributed by atoms with Crippen LogP contribution in [-0.4, -0.2) is 6.21 Å². The summed E-state index contributed by atoms with van der Waals surface area (Å²) in [6.45, 7) is 0. The van der Waals surface area contributed by atoms with Crippen molar-refractivity contribution >= 4 is 29.4 Å². The van der Waals surface area contributed by atoms with Gasteiger partial charge < -0.3 is 5.32 Å². The zero-order valence-electron chi connectivity index (χ0n) is 3.86. The zero-order valence-corrected chi connectivity index (χ0v) is 5.37. The maximum Gasteiger partial charge on any atom is 0.266 e. The maximum atomic E-state index is 5.46. The first-order valence-corrected chi connectivity index (χ1v) is 2.74. The van der Waals surface area contributed by atoms with E-state index in [2.05, 4.69) is 10.3 Å². The minimum absolute atomic E-state index is 0.303. The summed E-state index contributed by atoms with van der Waals surface area (Å²) < 4.78 is 0. The highest BCUT2D eigenvalue weighted by molar-refractivity contribution is 6.33. The number of hydrogen-bond acceptors (Lipinski definition) is 2. The Kier molecular flexibility index (Phi) is 1.76. The van der Waals surface area contributed by atoms with Crippen molar-refractivity contribution in [2.45, 2.75) is 0 Å². The van der Waals surface area contributed by atoms with Crippen molar-refractivity contribution in [2.75, 3.05) is 0 Å². The van der Waals surface area contributed by atoms with Gasteiger partial charge in [0.15, 0.2) is 0 Å². The smallest absolute Gasteiger partial charge is 0.266 e. The molecule has 0 unspecified atom stereocenters. The van der Waals surface area contributed by atoms with Crippen LogP contribution in [0.25, 0.3) is 0 Å². The molecular weight excluding hydrogens is 147 g/mol. The fourth-order valence-electron chi connectivity index (χ4n) is 0.341. The first kappa shape index (κ1) is 5.92. The van der Waals surface area contributed by atoms with Crippen molar-refractivity contribution in [1.82, 2.24) is 5.32 Å². The van der Waals surface area contributed by atoms with Gasteiger partial charge in [-0.3, -0.25) is 0 Å². The Balaban J connectivity index is 2.59. The lowest BCUT2D eigenvalue weighted by atomic mass is 10.6. The van der Waals surface area contributed by atoms with Crippen LogP contribution in [0.2, 0.25) is 0 Å². The fraction of sp³-hybridized carbons (Fsp3) is 0. The summed E-state index contributed by atoms with van der Waals surface area (Å²) in [5, 5.41) is 3.08. The molecule has 0 spiro atoms. The molecule has 0 aromatic heterocycles. The van der Waals surface area contributed by atoms with Crippen LogP contribution in [-0.2, 0) is 0 Å². The number of hydrogen-bond donors (Lipinski definition) is 1. The van der Waals surface area contributed by atoms with Gasteiger partial charge in [-0.25, -0.2) is 4.99 Å². The van der Waals surface area contributed by atoms with Crippen molar-refractivity contribution < 1.29 is 0 Å². The Morgan fingerprint density at radius 1 is 1.50 bits per heavy atom. The lowest BCUT2D eigenvalue weighted by Gasteiger charge is -2.07. The minimum atomic E-state index is 0.303. The average Bonchev–Trinajstić information content (AvgIpc) is 1.64. The molecule has 43 valence electrons. The maximum absolute atomic E-state index is 5.46. The van der Waals surface area contributed by atoms with Crippen LogP contribution >= 0.6 is 23.2 Å². The molecule has 1 aliphatic heterocycles. The van der Waals surface area contributed by atoms with E-state index in [4.69, 9.17) is 23.2 Å². The van der Waals surface area contributed by atoms with Crippen LogP contribution < -0.4 is 5.32 Å².